The number of nitrogens with zero attached hydrogens (tertiary/aromatic N) is 3. The summed E-state index contributed by atoms with van der Waals surface area (Å²) in [5.74, 6) is 1.59. The van der Waals surface area contributed by atoms with Crippen molar-refractivity contribution in [3.8, 4) is 5.75 Å². The van der Waals surface area contributed by atoms with E-state index < -0.39 is 0 Å². The van der Waals surface area contributed by atoms with Crippen LogP contribution in [0.3, 0.4) is 0 Å². The van der Waals surface area contributed by atoms with Gasteiger partial charge in [0.1, 0.15) is 24.7 Å². The van der Waals surface area contributed by atoms with Crippen molar-refractivity contribution >= 4 is 16.9 Å². The molecule has 0 unspecified atom stereocenters. The highest BCUT2D eigenvalue weighted by Gasteiger charge is 2.25. The number of amides is 1. The summed E-state index contributed by atoms with van der Waals surface area (Å²) in [6, 6.07) is 17.5. The van der Waals surface area contributed by atoms with Gasteiger partial charge in [-0.1, -0.05) is 30.3 Å². The topological polar surface area (TPSA) is 73.4 Å². The summed E-state index contributed by atoms with van der Waals surface area (Å²) in [5, 5.41) is 0. The second-order valence-electron chi connectivity index (χ2n) is 6.59. The lowest BCUT2D eigenvalue weighted by atomic mass is 10.3. The van der Waals surface area contributed by atoms with Crippen molar-refractivity contribution in [3.05, 3.63) is 60.4 Å². The van der Waals surface area contributed by atoms with E-state index >= 15 is 0 Å². The number of benzene rings is 2. The third kappa shape index (κ3) is 3.41. The van der Waals surface area contributed by atoms with E-state index in [0.717, 1.165) is 35.6 Å². The number of rotatable bonds is 5. The molecule has 6 heteroatoms. The minimum Gasteiger partial charge on any atom is -0.486 e. The number of aromatic nitrogens is 2. The fraction of sp³-hybridized carbons (Fsp3) is 0.300. The second-order valence-corrected chi connectivity index (χ2v) is 6.59. The summed E-state index contributed by atoms with van der Waals surface area (Å²) in [6.07, 6.45) is 0.861. The Bertz CT molecular complexity index is 907. The first-order valence-corrected chi connectivity index (χ1v) is 8.86. The molecule has 3 aromatic rings. The Kier molecular flexibility index (Phi) is 4.58. The van der Waals surface area contributed by atoms with Crippen LogP contribution in [0.15, 0.2) is 54.6 Å². The quantitative estimate of drug-likeness (QED) is 0.765. The van der Waals surface area contributed by atoms with Gasteiger partial charge in [-0.2, -0.15) is 0 Å². The van der Waals surface area contributed by atoms with Crippen molar-refractivity contribution in [3.63, 3.8) is 0 Å². The summed E-state index contributed by atoms with van der Waals surface area (Å²) in [6.45, 7) is 1.91. The Hall–Kier alpha value is -2.86. The van der Waals surface area contributed by atoms with Crippen LogP contribution >= 0.6 is 0 Å². The van der Waals surface area contributed by atoms with Gasteiger partial charge in [0.2, 0.25) is 5.91 Å². The fourth-order valence-electron chi connectivity index (χ4n) is 3.33. The number of ether oxygens (including phenoxy) is 1. The molecule has 0 saturated carbocycles. The Morgan fingerprint density at radius 3 is 2.69 bits per heavy atom. The summed E-state index contributed by atoms with van der Waals surface area (Å²) in [4.78, 5) is 19.2. The zero-order valence-corrected chi connectivity index (χ0v) is 14.5. The highest BCUT2D eigenvalue weighted by atomic mass is 16.5. The Morgan fingerprint density at radius 2 is 1.92 bits per heavy atom. The predicted molar refractivity (Wildman–Crippen MR) is 99.7 cm³/mol. The molecule has 2 heterocycles. The summed E-state index contributed by atoms with van der Waals surface area (Å²) < 4.78 is 7.81. The fourth-order valence-corrected chi connectivity index (χ4v) is 3.33. The molecule has 0 radical (unpaired) electrons. The third-order valence-corrected chi connectivity index (χ3v) is 4.72. The molecule has 0 spiro atoms. The van der Waals surface area contributed by atoms with Crippen LogP contribution in [-0.4, -0.2) is 39.5 Å². The molecular weight excluding hydrogens is 328 g/mol. The van der Waals surface area contributed by atoms with Crippen LogP contribution in [0.1, 0.15) is 12.2 Å². The third-order valence-electron chi connectivity index (χ3n) is 4.72. The van der Waals surface area contributed by atoms with E-state index in [1.165, 1.54) is 0 Å². The van der Waals surface area contributed by atoms with Gasteiger partial charge in [-0.25, -0.2) is 4.98 Å². The predicted octanol–water partition coefficient (Wildman–Crippen LogP) is 2.17. The number of likely N-dealkylation sites (tertiary alicyclic amines) is 1. The molecule has 1 amide bonds. The maximum atomic E-state index is 12.7. The number of hydrogen-bond acceptors (Lipinski definition) is 4. The molecule has 1 saturated heterocycles. The van der Waals surface area contributed by atoms with Gasteiger partial charge in [-0.05, 0) is 30.7 Å². The Labute approximate surface area is 152 Å². The van der Waals surface area contributed by atoms with Crippen LogP contribution in [0.25, 0.3) is 11.0 Å². The van der Waals surface area contributed by atoms with E-state index in [4.69, 9.17) is 10.5 Å². The van der Waals surface area contributed by atoms with Crippen molar-refractivity contribution in [2.24, 2.45) is 5.73 Å². The standard InChI is InChI=1S/C20H22N4O2/c21-15-10-11-23(12-15)20(25)13-24-18-9-5-4-8-17(18)22-19(24)14-26-16-6-2-1-3-7-16/h1-9,15H,10-14,21H2/t15-/m1/s1. The van der Waals surface area contributed by atoms with E-state index in [2.05, 4.69) is 4.98 Å². The van der Waals surface area contributed by atoms with Crippen LogP contribution in [0.2, 0.25) is 0 Å². The monoisotopic (exact) mass is 350 g/mol. The highest BCUT2D eigenvalue weighted by molar-refractivity contribution is 5.81. The number of para-hydroxylation sites is 3. The molecule has 1 aliphatic rings. The molecule has 1 aromatic heterocycles. The first-order chi connectivity index (χ1) is 12.7. The van der Waals surface area contributed by atoms with Gasteiger partial charge in [-0.3, -0.25) is 4.79 Å². The largest absolute Gasteiger partial charge is 0.486 e. The molecule has 1 atom stereocenters. The molecule has 2 N–H and O–H groups in total. The minimum absolute atomic E-state index is 0.0714. The summed E-state index contributed by atoms with van der Waals surface area (Å²) >= 11 is 0. The van der Waals surface area contributed by atoms with Crippen LogP contribution in [0.4, 0.5) is 0 Å². The van der Waals surface area contributed by atoms with E-state index in [1.54, 1.807) is 0 Å². The molecule has 1 fully saturated rings. The first-order valence-electron chi connectivity index (χ1n) is 8.86. The van der Waals surface area contributed by atoms with Crippen molar-refractivity contribution in [1.29, 1.82) is 0 Å². The molecule has 6 nitrogen and oxygen atoms in total. The van der Waals surface area contributed by atoms with E-state index in [-0.39, 0.29) is 18.5 Å². The van der Waals surface area contributed by atoms with E-state index in [1.807, 2.05) is 64.1 Å². The van der Waals surface area contributed by atoms with Gasteiger partial charge in [0.25, 0.3) is 0 Å². The number of carbonyl (C=O) groups excluding carboxylic acids is 1. The average molecular weight is 350 g/mol. The van der Waals surface area contributed by atoms with Crippen LogP contribution in [0, 0.1) is 0 Å². The lowest BCUT2D eigenvalue weighted by molar-refractivity contribution is -0.130. The number of fused-ring (bicyclic) bond motifs is 1. The highest BCUT2D eigenvalue weighted by Crippen LogP contribution is 2.19. The number of nitrogens with two attached hydrogens (primary N) is 1. The zero-order valence-electron chi connectivity index (χ0n) is 14.5. The number of hydrogen-bond donors (Lipinski definition) is 1. The average Bonchev–Trinajstić information content (AvgIpc) is 3.25. The molecule has 26 heavy (non-hydrogen) atoms. The molecular formula is C20H22N4O2. The lowest BCUT2D eigenvalue weighted by Gasteiger charge is -2.17. The summed E-state index contributed by atoms with van der Waals surface area (Å²) in [5.41, 5.74) is 7.74. The summed E-state index contributed by atoms with van der Waals surface area (Å²) in [7, 11) is 0. The number of imidazole rings is 1. The van der Waals surface area contributed by atoms with Gasteiger partial charge in [0, 0.05) is 19.1 Å². The Balaban J connectivity index is 1.58. The normalized spacial score (nSPS) is 17.0. The van der Waals surface area contributed by atoms with Crippen molar-refractivity contribution in [2.45, 2.75) is 25.6 Å². The van der Waals surface area contributed by atoms with E-state index in [9.17, 15) is 4.79 Å². The van der Waals surface area contributed by atoms with Crippen molar-refractivity contribution in [2.75, 3.05) is 13.1 Å². The number of carbonyl (C=O) groups is 1. The van der Waals surface area contributed by atoms with Gasteiger partial charge in [0.05, 0.1) is 11.0 Å². The van der Waals surface area contributed by atoms with Crippen molar-refractivity contribution < 1.29 is 9.53 Å². The molecule has 1 aliphatic heterocycles. The second kappa shape index (κ2) is 7.17. The first kappa shape index (κ1) is 16.6. The zero-order chi connectivity index (χ0) is 17.9. The van der Waals surface area contributed by atoms with Crippen LogP contribution < -0.4 is 10.5 Å². The minimum atomic E-state index is 0.0714. The maximum Gasteiger partial charge on any atom is 0.242 e. The van der Waals surface area contributed by atoms with Crippen LogP contribution in [-0.2, 0) is 17.9 Å². The lowest BCUT2D eigenvalue weighted by Crippen LogP contribution is -2.34. The maximum absolute atomic E-state index is 12.7. The molecule has 134 valence electrons. The van der Waals surface area contributed by atoms with E-state index in [0.29, 0.717) is 13.2 Å². The molecule has 0 bridgehead atoms. The van der Waals surface area contributed by atoms with Gasteiger partial charge >= 0.3 is 0 Å². The molecule has 2 aromatic carbocycles. The van der Waals surface area contributed by atoms with Gasteiger partial charge < -0.3 is 19.9 Å². The van der Waals surface area contributed by atoms with Gasteiger partial charge in [-0.15, -0.1) is 0 Å². The van der Waals surface area contributed by atoms with Crippen molar-refractivity contribution in [1.82, 2.24) is 14.5 Å². The van der Waals surface area contributed by atoms with Gasteiger partial charge in [0.15, 0.2) is 0 Å². The smallest absolute Gasteiger partial charge is 0.242 e. The molecule has 0 aliphatic carbocycles. The SMILES string of the molecule is N[C@@H]1CCN(C(=O)Cn2c(COc3ccccc3)nc3ccccc32)C1. The van der Waals surface area contributed by atoms with Crippen LogP contribution in [0.5, 0.6) is 5.75 Å². The molecule has 4 rings (SSSR count). The Morgan fingerprint density at radius 1 is 1.15 bits per heavy atom.